The molecule has 1 aliphatic carbocycles. The van der Waals surface area contributed by atoms with Crippen molar-refractivity contribution in [3.63, 3.8) is 0 Å². The Labute approximate surface area is 121 Å². The van der Waals surface area contributed by atoms with Gasteiger partial charge in [-0.2, -0.15) is 0 Å². The Hall–Kier alpha value is -0.190. The standard InChI is InChI=1S/C13H18BrClN2O/c1-12(2,3)9-8(14)10(15)17-11(16-9)13(18-4)6-5-7-13/h5-7H2,1-4H3. The number of hydrogen-bond acceptors (Lipinski definition) is 3. The quantitative estimate of drug-likeness (QED) is 0.760. The molecule has 3 nitrogen and oxygen atoms in total. The third-order valence-electron chi connectivity index (χ3n) is 3.48. The first-order chi connectivity index (χ1) is 8.30. The van der Waals surface area contributed by atoms with Gasteiger partial charge in [0.1, 0.15) is 10.8 Å². The first-order valence-electron chi connectivity index (χ1n) is 6.09. The molecule has 1 fully saturated rings. The first kappa shape index (κ1) is 14.2. The van der Waals surface area contributed by atoms with Gasteiger partial charge in [0.15, 0.2) is 5.82 Å². The maximum Gasteiger partial charge on any atom is 0.162 e. The highest BCUT2D eigenvalue weighted by Crippen LogP contribution is 2.44. The average Bonchev–Trinajstić information content (AvgIpc) is 2.20. The molecule has 1 aliphatic rings. The summed E-state index contributed by atoms with van der Waals surface area (Å²) in [4.78, 5) is 9.10. The van der Waals surface area contributed by atoms with E-state index in [9.17, 15) is 0 Å². The molecule has 0 bridgehead atoms. The van der Waals surface area contributed by atoms with Crippen LogP contribution in [0, 0.1) is 0 Å². The number of hydrogen-bond donors (Lipinski definition) is 0. The van der Waals surface area contributed by atoms with Crippen LogP contribution in [0.4, 0.5) is 0 Å². The maximum atomic E-state index is 6.22. The van der Waals surface area contributed by atoms with E-state index in [4.69, 9.17) is 21.3 Å². The lowest BCUT2D eigenvalue weighted by Crippen LogP contribution is -2.38. The monoisotopic (exact) mass is 332 g/mol. The average molecular weight is 334 g/mol. The number of nitrogens with zero attached hydrogens (tertiary/aromatic N) is 2. The Morgan fingerprint density at radius 2 is 1.89 bits per heavy atom. The van der Waals surface area contributed by atoms with Gasteiger partial charge in [-0.05, 0) is 35.2 Å². The van der Waals surface area contributed by atoms with Crippen molar-refractivity contribution in [1.82, 2.24) is 9.97 Å². The molecule has 0 amide bonds. The van der Waals surface area contributed by atoms with E-state index in [1.807, 2.05) is 0 Å². The molecular formula is C13H18BrClN2O. The summed E-state index contributed by atoms with van der Waals surface area (Å²) in [6.07, 6.45) is 3.08. The van der Waals surface area contributed by atoms with Crippen LogP contribution in [0.1, 0.15) is 51.6 Å². The summed E-state index contributed by atoms with van der Waals surface area (Å²) in [6, 6.07) is 0. The molecule has 5 heteroatoms. The zero-order chi connectivity index (χ0) is 13.6. The highest BCUT2D eigenvalue weighted by atomic mass is 79.9. The Morgan fingerprint density at radius 1 is 1.28 bits per heavy atom. The largest absolute Gasteiger partial charge is 0.370 e. The summed E-state index contributed by atoms with van der Waals surface area (Å²) >= 11 is 9.70. The van der Waals surface area contributed by atoms with Crippen LogP contribution in [0.5, 0.6) is 0 Å². The number of rotatable bonds is 2. The topological polar surface area (TPSA) is 35.0 Å². The summed E-state index contributed by atoms with van der Waals surface area (Å²) in [5.41, 5.74) is 0.518. The molecule has 1 heterocycles. The van der Waals surface area contributed by atoms with Crippen molar-refractivity contribution in [2.24, 2.45) is 0 Å². The fraction of sp³-hybridized carbons (Fsp3) is 0.692. The second-order valence-corrected chi connectivity index (χ2v) is 6.95. The van der Waals surface area contributed by atoms with Gasteiger partial charge in [-0.1, -0.05) is 32.4 Å². The molecule has 1 saturated carbocycles. The first-order valence-corrected chi connectivity index (χ1v) is 7.26. The zero-order valence-electron chi connectivity index (χ0n) is 11.2. The van der Waals surface area contributed by atoms with Crippen molar-refractivity contribution in [1.29, 1.82) is 0 Å². The normalized spacial score (nSPS) is 18.6. The van der Waals surface area contributed by atoms with E-state index in [1.165, 1.54) is 0 Å². The molecule has 0 N–H and O–H groups in total. The minimum Gasteiger partial charge on any atom is -0.370 e. The SMILES string of the molecule is COC1(c2nc(Cl)c(Br)c(C(C)(C)C)n2)CCC1. The second kappa shape index (κ2) is 4.73. The van der Waals surface area contributed by atoms with Crippen LogP contribution in [0.15, 0.2) is 4.47 Å². The van der Waals surface area contributed by atoms with Crippen molar-refractivity contribution in [2.75, 3.05) is 7.11 Å². The van der Waals surface area contributed by atoms with Gasteiger partial charge in [-0.15, -0.1) is 0 Å². The van der Waals surface area contributed by atoms with Crippen LogP contribution in [-0.4, -0.2) is 17.1 Å². The number of ether oxygens (including phenoxy) is 1. The molecule has 0 spiro atoms. The minimum atomic E-state index is -0.329. The lowest BCUT2D eigenvalue weighted by atomic mass is 9.79. The van der Waals surface area contributed by atoms with E-state index in [1.54, 1.807) is 7.11 Å². The summed E-state index contributed by atoms with van der Waals surface area (Å²) in [5, 5.41) is 0.466. The van der Waals surface area contributed by atoms with E-state index in [-0.39, 0.29) is 11.0 Å². The highest BCUT2D eigenvalue weighted by molar-refractivity contribution is 9.10. The minimum absolute atomic E-state index is 0.0845. The van der Waals surface area contributed by atoms with Crippen molar-refractivity contribution in [3.8, 4) is 0 Å². The molecule has 1 aromatic rings. The van der Waals surface area contributed by atoms with Crippen LogP contribution in [0.25, 0.3) is 0 Å². The predicted octanol–water partition coefficient (Wildman–Crippen LogP) is 4.22. The van der Waals surface area contributed by atoms with E-state index in [0.29, 0.717) is 5.15 Å². The van der Waals surface area contributed by atoms with E-state index in [2.05, 4.69) is 41.7 Å². The molecule has 0 unspecified atom stereocenters. The van der Waals surface area contributed by atoms with Gasteiger partial charge in [0.05, 0.1) is 10.2 Å². The van der Waals surface area contributed by atoms with Crippen LogP contribution < -0.4 is 0 Å². The van der Waals surface area contributed by atoms with E-state index >= 15 is 0 Å². The van der Waals surface area contributed by atoms with Gasteiger partial charge in [0.2, 0.25) is 0 Å². The van der Waals surface area contributed by atoms with Gasteiger partial charge in [0, 0.05) is 12.5 Å². The Kier molecular flexibility index (Phi) is 3.74. The number of methoxy groups -OCH3 is 1. The lowest BCUT2D eigenvalue weighted by Gasteiger charge is -2.39. The smallest absolute Gasteiger partial charge is 0.162 e. The number of aromatic nitrogens is 2. The van der Waals surface area contributed by atoms with E-state index in [0.717, 1.165) is 35.3 Å². The van der Waals surface area contributed by atoms with Crippen LogP contribution >= 0.6 is 27.5 Å². The van der Waals surface area contributed by atoms with Gasteiger partial charge in [-0.25, -0.2) is 9.97 Å². The molecule has 100 valence electrons. The Bertz CT molecular complexity index is 461. The summed E-state index contributed by atoms with van der Waals surface area (Å²) < 4.78 is 6.41. The highest BCUT2D eigenvalue weighted by Gasteiger charge is 2.42. The predicted molar refractivity (Wildman–Crippen MR) is 76.0 cm³/mol. The molecule has 0 aromatic carbocycles. The Balaban J connectivity index is 2.54. The molecular weight excluding hydrogens is 316 g/mol. The number of halogens is 2. The van der Waals surface area contributed by atoms with Crippen molar-refractivity contribution >= 4 is 27.5 Å². The molecule has 0 radical (unpaired) electrons. The molecule has 0 saturated heterocycles. The van der Waals surface area contributed by atoms with E-state index < -0.39 is 0 Å². The van der Waals surface area contributed by atoms with Crippen molar-refractivity contribution < 1.29 is 4.74 Å². The van der Waals surface area contributed by atoms with Crippen molar-refractivity contribution in [3.05, 3.63) is 21.1 Å². The lowest BCUT2D eigenvalue weighted by molar-refractivity contribution is -0.0849. The zero-order valence-corrected chi connectivity index (χ0v) is 13.5. The van der Waals surface area contributed by atoms with Crippen molar-refractivity contribution in [2.45, 2.75) is 51.0 Å². The third kappa shape index (κ3) is 2.30. The van der Waals surface area contributed by atoms with Gasteiger partial charge in [0.25, 0.3) is 0 Å². The summed E-state index contributed by atoms with van der Waals surface area (Å²) in [6.45, 7) is 6.33. The Morgan fingerprint density at radius 3 is 2.28 bits per heavy atom. The van der Waals surface area contributed by atoms with Crippen LogP contribution in [0.2, 0.25) is 5.15 Å². The fourth-order valence-corrected chi connectivity index (χ4v) is 3.08. The van der Waals surface area contributed by atoms with Crippen LogP contribution in [0.3, 0.4) is 0 Å². The fourth-order valence-electron chi connectivity index (χ4n) is 2.14. The summed E-state index contributed by atoms with van der Waals surface area (Å²) in [7, 11) is 1.72. The van der Waals surface area contributed by atoms with Gasteiger partial charge in [-0.3, -0.25) is 0 Å². The van der Waals surface area contributed by atoms with Gasteiger partial charge >= 0.3 is 0 Å². The third-order valence-corrected chi connectivity index (χ3v) is 4.73. The summed E-state index contributed by atoms with van der Waals surface area (Å²) in [5.74, 6) is 0.717. The second-order valence-electron chi connectivity index (χ2n) is 5.80. The molecule has 18 heavy (non-hydrogen) atoms. The molecule has 0 aliphatic heterocycles. The molecule has 2 rings (SSSR count). The van der Waals surface area contributed by atoms with Crippen LogP contribution in [-0.2, 0) is 15.8 Å². The molecule has 1 aromatic heterocycles. The molecule has 0 atom stereocenters. The maximum absolute atomic E-state index is 6.22. The van der Waals surface area contributed by atoms with Gasteiger partial charge < -0.3 is 4.74 Å².